The van der Waals surface area contributed by atoms with Gasteiger partial charge in [-0.15, -0.1) is 0 Å². The smallest absolute Gasteiger partial charge is 0.241 e. The van der Waals surface area contributed by atoms with Gasteiger partial charge in [-0.3, -0.25) is 24.1 Å². The number of imide groups is 2. The van der Waals surface area contributed by atoms with Crippen molar-refractivity contribution in [2.75, 3.05) is 16.9 Å². The molecule has 2 saturated heterocycles. The quantitative estimate of drug-likeness (QED) is 0.163. The first-order valence-electron chi connectivity index (χ1n) is 14.7. The van der Waals surface area contributed by atoms with Crippen molar-refractivity contribution in [2.24, 2.45) is 29.1 Å². The van der Waals surface area contributed by atoms with Crippen LogP contribution in [0.3, 0.4) is 0 Å². The lowest BCUT2D eigenvalue weighted by molar-refractivity contribution is -0.131. The molecule has 4 amide bonds. The zero-order valence-electron chi connectivity index (χ0n) is 24.8. The van der Waals surface area contributed by atoms with E-state index in [9.17, 15) is 28.7 Å². The molecule has 3 aromatic carbocycles. The lowest BCUT2D eigenvalue weighted by Gasteiger charge is -2.49. The number of ether oxygens (including phenoxy) is 1. The number of phenols is 1. The SMILES string of the molecule is COc1cc([C@H]2C3=CC[C@@H]4C(=O)N(c5ccc(I)cc5)C(=O)[C@@H]4[C@@H]3C[C@H]3C(=O)N(c4ccc(F)c(Cl)c4)C(=O)[C@@]23C)c(Br)c(Br)c1O. The van der Waals surface area contributed by atoms with Gasteiger partial charge in [-0.25, -0.2) is 9.29 Å². The van der Waals surface area contributed by atoms with Crippen molar-refractivity contribution in [1.82, 2.24) is 0 Å². The Morgan fingerprint density at radius 3 is 2.30 bits per heavy atom. The van der Waals surface area contributed by atoms with Crippen LogP contribution in [0.1, 0.15) is 31.2 Å². The molecule has 0 bridgehead atoms. The van der Waals surface area contributed by atoms with Crippen LogP contribution in [0.4, 0.5) is 15.8 Å². The maximum Gasteiger partial charge on any atom is 0.241 e. The van der Waals surface area contributed by atoms with Crippen LogP contribution in [-0.2, 0) is 19.2 Å². The van der Waals surface area contributed by atoms with E-state index in [-0.39, 0.29) is 46.9 Å². The van der Waals surface area contributed by atoms with E-state index in [0.29, 0.717) is 20.2 Å². The van der Waals surface area contributed by atoms with Gasteiger partial charge in [-0.2, -0.15) is 0 Å². The van der Waals surface area contributed by atoms with Crippen molar-refractivity contribution in [3.8, 4) is 11.5 Å². The predicted octanol–water partition coefficient (Wildman–Crippen LogP) is 7.76. The second-order valence-electron chi connectivity index (χ2n) is 12.4. The van der Waals surface area contributed by atoms with Gasteiger partial charge in [-0.05, 0) is 134 Å². The fourth-order valence-electron chi connectivity index (χ4n) is 8.05. The van der Waals surface area contributed by atoms with E-state index in [1.165, 1.54) is 24.1 Å². The number of hydrogen-bond acceptors (Lipinski definition) is 6. The van der Waals surface area contributed by atoms with Gasteiger partial charge >= 0.3 is 0 Å². The number of hydrogen-bond donors (Lipinski definition) is 1. The summed E-state index contributed by atoms with van der Waals surface area (Å²) in [4.78, 5) is 59.4. The first-order chi connectivity index (χ1) is 22.3. The Morgan fingerprint density at radius 2 is 1.64 bits per heavy atom. The van der Waals surface area contributed by atoms with E-state index in [1.54, 1.807) is 25.1 Å². The summed E-state index contributed by atoms with van der Waals surface area (Å²) < 4.78 is 21.3. The number of halogens is 5. The van der Waals surface area contributed by atoms with Crippen LogP contribution in [-0.4, -0.2) is 35.8 Å². The highest BCUT2D eigenvalue weighted by Gasteiger charge is 2.68. The Bertz CT molecular complexity index is 1960. The zero-order valence-corrected chi connectivity index (χ0v) is 30.9. The van der Waals surface area contributed by atoms with E-state index in [1.807, 2.05) is 18.2 Å². The van der Waals surface area contributed by atoms with Crippen molar-refractivity contribution in [1.29, 1.82) is 0 Å². The molecule has 47 heavy (non-hydrogen) atoms. The van der Waals surface area contributed by atoms with Crippen LogP contribution in [0, 0.1) is 38.5 Å². The van der Waals surface area contributed by atoms with Crippen LogP contribution in [0.15, 0.2) is 69.1 Å². The van der Waals surface area contributed by atoms with Gasteiger partial charge in [0.15, 0.2) is 11.5 Å². The predicted molar refractivity (Wildman–Crippen MR) is 188 cm³/mol. The van der Waals surface area contributed by atoms with E-state index < -0.39 is 52.6 Å². The molecule has 0 aromatic heterocycles. The molecular formula is C34H25Br2ClFIN2O6. The highest BCUT2D eigenvalue weighted by Crippen LogP contribution is 2.65. The van der Waals surface area contributed by atoms with Gasteiger partial charge < -0.3 is 9.84 Å². The second kappa shape index (κ2) is 11.7. The summed E-state index contributed by atoms with van der Waals surface area (Å²) in [6.45, 7) is 1.73. The minimum atomic E-state index is -1.38. The van der Waals surface area contributed by atoms with Crippen molar-refractivity contribution in [3.05, 3.63) is 89.1 Å². The number of carbonyl (C=O) groups excluding carboxylic acids is 4. The van der Waals surface area contributed by atoms with Gasteiger partial charge in [0.2, 0.25) is 23.6 Å². The average molecular weight is 899 g/mol. The summed E-state index contributed by atoms with van der Waals surface area (Å²) in [6, 6.07) is 12.5. The molecule has 4 aliphatic rings. The summed E-state index contributed by atoms with van der Waals surface area (Å²) >= 11 is 15.3. The van der Waals surface area contributed by atoms with Crippen molar-refractivity contribution < 1.29 is 33.4 Å². The average Bonchev–Trinajstić information content (AvgIpc) is 3.42. The number of phenolic OH excluding ortho intramolecular Hbond substituents is 1. The molecule has 0 unspecified atom stereocenters. The number of benzene rings is 3. The largest absolute Gasteiger partial charge is 0.503 e. The number of rotatable bonds is 4. The van der Waals surface area contributed by atoms with Crippen molar-refractivity contribution >= 4 is 101 Å². The maximum absolute atomic E-state index is 14.7. The number of nitrogens with zero attached hydrogens (tertiary/aromatic N) is 2. The lowest BCUT2D eigenvalue weighted by atomic mass is 9.51. The molecule has 1 N–H and O–H groups in total. The van der Waals surface area contributed by atoms with Gasteiger partial charge in [0.05, 0.1) is 51.1 Å². The highest BCUT2D eigenvalue weighted by molar-refractivity contribution is 14.1. The van der Waals surface area contributed by atoms with E-state index >= 15 is 0 Å². The van der Waals surface area contributed by atoms with E-state index in [0.717, 1.165) is 20.1 Å². The Labute approximate surface area is 304 Å². The number of amides is 4. The first-order valence-corrected chi connectivity index (χ1v) is 17.8. The van der Waals surface area contributed by atoms with Crippen LogP contribution in [0.5, 0.6) is 11.5 Å². The van der Waals surface area contributed by atoms with Gasteiger partial charge in [0, 0.05) is 14.0 Å². The summed E-state index contributed by atoms with van der Waals surface area (Å²) in [5.74, 6) is -5.99. The number of carbonyl (C=O) groups is 4. The fourth-order valence-corrected chi connectivity index (χ4v) is 9.54. The normalized spacial score (nSPS) is 28.3. The third-order valence-corrected chi connectivity index (χ3v) is 13.4. The minimum Gasteiger partial charge on any atom is -0.503 e. The number of anilines is 2. The summed E-state index contributed by atoms with van der Waals surface area (Å²) in [5, 5.41) is 10.5. The molecule has 2 aliphatic carbocycles. The summed E-state index contributed by atoms with van der Waals surface area (Å²) in [7, 11) is 1.41. The molecule has 13 heteroatoms. The van der Waals surface area contributed by atoms with Gasteiger partial charge in [-0.1, -0.05) is 23.3 Å². The standard InChI is InChI=1S/C34H25Br2ClFIN2O6/c1-34-21(31(44)41(33(34)46)16-7-10-23(38)22(37)11-16)12-19-17(26(34)20-13-24(47-2)29(42)28(36)27(20)35)8-9-18-25(19)32(45)40(30(18)43)15-5-3-14(39)4-6-15/h3-8,10-11,13,18-19,21,25-26,42H,9,12H2,1-2H3/t18-,19+,21-,25-,26+,34+/m0/s1. The molecule has 0 spiro atoms. The molecule has 7 rings (SSSR count). The minimum absolute atomic E-state index is 0.135. The molecule has 3 fully saturated rings. The molecule has 6 atom stereocenters. The molecule has 3 aromatic rings. The third-order valence-electron chi connectivity index (χ3n) is 10.2. The number of methoxy groups -OCH3 is 1. The number of fused-ring (bicyclic) bond motifs is 4. The monoisotopic (exact) mass is 896 g/mol. The fraction of sp³-hybridized carbons (Fsp3) is 0.294. The van der Waals surface area contributed by atoms with Gasteiger partial charge in [0.1, 0.15) is 5.82 Å². The highest BCUT2D eigenvalue weighted by atomic mass is 127. The molecule has 2 aliphatic heterocycles. The zero-order chi connectivity index (χ0) is 33.7. The van der Waals surface area contributed by atoms with Crippen molar-refractivity contribution in [3.63, 3.8) is 0 Å². The van der Waals surface area contributed by atoms with Crippen LogP contribution in [0.2, 0.25) is 5.02 Å². The Balaban J connectivity index is 1.41. The van der Waals surface area contributed by atoms with Crippen LogP contribution in [0.25, 0.3) is 0 Å². The Hall–Kier alpha value is -2.81. The first kappa shape index (κ1) is 32.7. The topological polar surface area (TPSA) is 104 Å². The van der Waals surface area contributed by atoms with E-state index in [2.05, 4.69) is 54.5 Å². The van der Waals surface area contributed by atoms with E-state index in [4.69, 9.17) is 16.3 Å². The molecule has 2 heterocycles. The molecular weight excluding hydrogens is 874 g/mol. The second-order valence-corrected chi connectivity index (χ2v) is 15.6. The Kier molecular flexibility index (Phi) is 8.12. The summed E-state index contributed by atoms with van der Waals surface area (Å²) in [6.07, 6.45) is 2.35. The summed E-state index contributed by atoms with van der Waals surface area (Å²) in [5.41, 5.74) is 0.556. The van der Waals surface area contributed by atoms with Crippen LogP contribution >= 0.6 is 66.1 Å². The molecule has 8 nitrogen and oxygen atoms in total. The number of allylic oxidation sites excluding steroid dienone is 2. The lowest BCUT2D eigenvalue weighted by Crippen LogP contribution is -2.49. The molecule has 1 saturated carbocycles. The van der Waals surface area contributed by atoms with Crippen molar-refractivity contribution in [2.45, 2.75) is 25.7 Å². The maximum atomic E-state index is 14.7. The van der Waals surface area contributed by atoms with Gasteiger partial charge in [0.25, 0.3) is 0 Å². The van der Waals surface area contributed by atoms with Crippen LogP contribution < -0.4 is 14.5 Å². The Morgan fingerprint density at radius 1 is 0.957 bits per heavy atom. The molecule has 242 valence electrons. The third kappa shape index (κ3) is 4.68. The number of aromatic hydroxyl groups is 1. The molecule has 0 radical (unpaired) electrons.